The monoisotopic (exact) mass is 621 g/mol. The third-order valence-corrected chi connectivity index (χ3v) is 11.1. The summed E-state index contributed by atoms with van der Waals surface area (Å²) in [6.45, 7) is 19.5. The minimum Gasteiger partial charge on any atom is -0.445 e. The number of ketones is 1. The van der Waals surface area contributed by atoms with Gasteiger partial charge in [0.1, 0.15) is 11.9 Å². The second-order valence-electron chi connectivity index (χ2n) is 15.8. The van der Waals surface area contributed by atoms with Crippen LogP contribution in [0.3, 0.4) is 0 Å². The molecule has 3 aliphatic rings. The van der Waals surface area contributed by atoms with Crippen molar-refractivity contribution in [1.29, 1.82) is 0 Å². The fourth-order valence-electron chi connectivity index (χ4n) is 8.73. The lowest BCUT2D eigenvalue weighted by Gasteiger charge is -2.58. The number of fused-ring (bicyclic) bond motifs is 1. The number of carbonyl (C=O) groups excluding carboxylic acids is 2. The number of para-hydroxylation sites is 1. The molecule has 0 spiro atoms. The molecule has 250 valence electrons. The first kappa shape index (κ1) is 35.4. The standard InChI is InChI=1S/C39H59NO5/c1-27(15-13-16-28(2)21-24-34-37(5,6)45-38(7,8)44-34)17-14-20-30-31(41)22-23-32-36(3,4)33(25-26-39(30,32)9)43-35(42)40-29-18-11-10-12-19-29/h10-12,16-19,30,32-34H,13-15,20-26H2,1-9H3,(H,40,42)/b27-17+,28-16+/t30-,32-,33-,34+,39+/m0/s1. The largest absolute Gasteiger partial charge is 0.445 e. The Morgan fingerprint density at radius 3 is 2.27 bits per heavy atom. The number of rotatable bonds is 11. The van der Waals surface area contributed by atoms with E-state index >= 15 is 0 Å². The number of nitrogens with one attached hydrogen (secondary N) is 1. The zero-order valence-electron chi connectivity index (χ0n) is 29.5. The number of ether oxygens (including phenoxy) is 3. The van der Waals surface area contributed by atoms with Gasteiger partial charge in [-0.05, 0) is 123 Å². The molecular formula is C39H59NO5. The molecule has 45 heavy (non-hydrogen) atoms. The van der Waals surface area contributed by atoms with Crippen molar-refractivity contribution < 1.29 is 23.8 Å². The Labute approximate surface area is 272 Å². The fourth-order valence-corrected chi connectivity index (χ4v) is 8.73. The Kier molecular flexibility index (Phi) is 11.1. The van der Waals surface area contributed by atoms with E-state index in [2.05, 4.69) is 65.9 Å². The number of amides is 1. The number of Topliss-reactive ketones (excluding diaryl/α,β-unsaturated/α-hetero) is 1. The van der Waals surface area contributed by atoms with E-state index in [1.54, 1.807) is 0 Å². The molecule has 1 amide bonds. The summed E-state index contributed by atoms with van der Waals surface area (Å²) >= 11 is 0. The third-order valence-electron chi connectivity index (χ3n) is 11.1. The maximum atomic E-state index is 13.3. The molecule has 6 heteroatoms. The summed E-state index contributed by atoms with van der Waals surface area (Å²) in [6, 6.07) is 9.43. The summed E-state index contributed by atoms with van der Waals surface area (Å²) in [7, 11) is 0. The quantitative estimate of drug-likeness (QED) is 0.249. The molecule has 0 bridgehead atoms. The van der Waals surface area contributed by atoms with Crippen molar-refractivity contribution in [1.82, 2.24) is 0 Å². The van der Waals surface area contributed by atoms with Gasteiger partial charge >= 0.3 is 6.09 Å². The van der Waals surface area contributed by atoms with Crippen LogP contribution in [0, 0.1) is 22.7 Å². The highest BCUT2D eigenvalue weighted by atomic mass is 16.8. The molecule has 4 rings (SSSR count). The maximum absolute atomic E-state index is 13.3. The molecule has 2 saturated carbocycles. The minimum absolute atomic E-state index is 0.0526. The van der Waals surface area contributed by atoms with Crippen molar-refractivity contribution in [3.05, 3.63) is 53.6 Å². The van der Waals surface area contributed by atoms with E-state index in [1.807, 2.05) is 44.2 Å². The number of hydrogen-bond donors (Lipinski definition) is 1. The SMILES string of the molecule is C/C(=C\CC[C@H]1C(=O)CC[C@H]2C(C)(C)[C@@H](OC(=O)Nc3ccccc3)CC[C@]12C)CC/C=C(\C)CC[C@H]1OC(C)(C)OC1(C)C. The third kappa shape index (κ3) is 8.68. The van der Waals surface area contributed by atoms with Crippen LogP contribution in [0.5, 0.6) is 0 Å². The van der Waals surface area contributed by atoms with Crippen molar-refractivity contribution in [2.75, 3.05) is 5.32 Å². The molecular weight excluding hydrogens is 562 g/mol. The van der Waals surface area contributed by atoms with Crippen molar-refractivity contribution in [2.45, 2.75) is 150 Å². The number of allylic oxidation sites excluding steroid dienone is 4. The summed E-state index contributed by atoms with van der Waals surface area (Å²) in [4.78, 5) is 26.1. The van der Waals surface area contributed by atoms with Gasteiger partial charge in [-0.2, -0.15) is 0 Å². The van der Waals surface area contributed by atoms with Crippen LogP contribution in [-0.4, -0.2) is 35.5 Å². The molecule has 1 saturated heterocycles. The fraction of sp³-hybridized carbons (Fsp3) is 0.692. The van der Waals surface area contributed by atoms with Crippen molar-refractivity contribution in [3.8, 4) is 0 Å². The van der Waals surface area contributed by atoms with Crippen LogP contribution >= 0.6 is 0 Å². The molecule has 1 N–H and O–H groups in total. The van der Waals surface area contributed by atoms with Crippen LogP contribution in [0.2, 0.25) is 0 Å². The summed E-state index contributed by atoms with van der Waals surface area (Å²) in [5.41, 5.74) is 2.98. The molecule has 5 atom stereocenters. The van der Waals surface area contributed by atoms with Crippen LogP contribution in [0.15, 0.2) is 53.6 Å². The van der Waals surface area contributed by atoms with Gasteiger partial charge < -0.3 is 14.2 Å². The predicted molar refractivity (Wildman–Crippen MR) is 182 cm³/mol. The number of benzene rings is 1. The molecule has 1 aromatic carbocycles. The molecule has 1 aliphatic heterocycles. The summed E-state index contributed by atoms with van der Waals surface area (Å²) in [5.74, 6) is 0.279. The average Bonchev–Trinajstić information content (AvgIpc) is 3.16. The van der Waals surface area contributed by atoms with Gasteiger partial charge in [0.15, 0.2) is 5.79 Å². The van der Waals surface area contributed by atoms with Crippen LogP contribution in [0.25, 0.3) is 0 Å². The average molecular weight is 622 g/mol. The van der Waals surface area contributed by atoms with Crippen LogP contribution in [0.4, 0.5) is 10.5 Å². The predicted octanol–water partition coefficient (Wildman–Crippen LogP) is 10.2. The number of anilines is 1. The highest BCUT2D eigenvalue weighted by molar-refractivity contribution is 5.85. The van der Waals surface area contributed by atoms with Crippen LogP contribution in [-0.2, 0) is 19.0 Å². The molecule has 3 fully saturated rings. The van der Waals surface area contributed by atoms with E-state index in [-0.39, 0.29) is 34.6 Å². The second-order valence-corrected chi connectivity index (χ2v) is 15.8. The second kappa shape index (κ2) is 14.1. The molecule has 0 unspecified atom stereocenters. The Morgan fingerprint density at radius 2 is 1.60 bits per heavy atom. The maximum Gasteiger partial charge on any atom is 0.411 e. The van der Waals surface area contributed by atoms with Gasteiger partial charge in [-0.25, -0.2) is 4.79 Å². The lowest BCUT2D eigenvalue weighted by Crippen LogP contribution is -2.57. The molecule has 6 nitrogen and oxygen atoms in total. The number of hydrogen-bond acceptors (Lipinski definition) is 5. The molecule has 0 radical (unpaired) electrons. The number of carbonyl (C=O) groups is 2. The van der Waals surface area contributed by atoms with Gasteiger partial charge in [-0.1, -0.05) is 62.3 Å². The highest BCUT2D eigenvalue weighted by Gasteiger charge is 2.58. The zero-order chi connectivity index (χ0) is 33.0. The highest BCUT2D eigenvalue weighted by Crippen LogP contribution is 2.60. The van der Waals surface area contributed by atoms with Crippen LogP contribution < -0.4 is 5.32 Å². The van der Waals surface area contributed by atoms with Crippen molar-refractivity contribution in [3.63, 3.8) is 0 Å². The van der Waals surface area contributed by atoms with Crippen molar-refractivity contribution in [2.24, 2.45) is 22.7 Å². The normalized spacial score (nSPS) is 30.9. The smallest absolute Gasteiger partial charge is 0.411 e. The van der Waals surface area contributed by atoms with Gasteiger partial charge in [-0.15, -0.1) is 0 Å². The summed E-state index contributed by atoms with van der Waals surface area (Å²) in [6.07, 6.45) is 13.3. The Morgan fingerprint density at radius 1 is 0.933 bits per heavy atom. The molecule has 1 aromatic rings. The minimum atomic E-state index is -0.515. The Bertz CT molecular complexity index is 1250. The molecule has 1 heterocycles. The lowest BCUT2D eigenvalue weighted by atomic mass is 9.47. The Hall–Kier alpha value is -2.44. The van der Waals surface area contributed by atoms with Gasteiger partial charge in [0.25, 0.3) is 0 Å². The molecule has 0 aromatic heterocycles. The van der Waals surface area contributed by atoms with E-state index < -0.39 is 11.9 Å². The van der Waals surface area contributed by atoms with E-state index in [0.717, 1.165) is 63.5 Å². The van der Waals surface area contributed by atoms with Gasteiger partial charge in [0.2, 0.25) is 0 Å². The van der Waals surface area contributed by atoms with Crippen molar-refractivity contribution >= 4 is 17.6 Å². The summed E-state index contributed by atoms with van der Waals surface area (Å²) < 4.78 is 18.3. The first-order valence-corrected chi connectivity index (χ1v) is 17.3. The summed E-state index contributed by atoms with van der Waals surface area (Å²) in [5, 5.41) is 2.87. The van der Waals surface area contributed by atoms with Gasteiger partial charge in [-0.3, -0.25) is 10.1 Å². The first-order valence-electron chi connectivity index (χ1n) is 17.3. The lowest BCUT2D eigenvalue weighted by molar-refractivity contribution is -0.158. The van der Waals surface area contributed by atoms with E-state index in [9.17, 15) is 9.59 Å². The molecule has 2 aliphatic carbocycles. The topological polar surface area (TPSA) is 73.9 Å². The first-order chi connectivity index (χ1) is 21.0. The van der Waals surface area contributed by atoms with E-state index in [4.69, 9.17) is 14.2 Å². The Balaban J connectivity index is 1.27. The van der Waals surface area contributed by atoms with E-state index in [0.29, 0.717) is 18.1 Å². The van der Waals surface area contributed by atoms with Crippen LogP contribution in [0.1, 0.15) is 127 Å². The zero-order valence-corrected chi connectivity index (χ0v) is 29.5. The van der Waals surface area contributed by atoms with E-state index in [1.165, 1.54) is 11.1 Å². The van der Waals surface area contributed by atoms with Gasteiger partial charge in [0, 0.05) is 23.4 Å². The van der Waals surface area contributed by atoms with Gasteiger partial charge in [0.05, 0.1) is 11.7 Å².